The van der Waals surface area contributed by atoms with Crippen molar-refractivity contribution in [2.45, 2.75) is 64.0 Å². The fourth-order valence-corrected chi connectivity index (χ4v) is 6.01. The van der Waals surface area contributed by atoms with Crippen molar-refractivity contribution in [1.82, 2.24) is 30.4 Å². The van der Waals surface area contributed by atoms with Gasteiger partial charge in [-0.1, -0.05) is 37.1 Å². The van der Waals surface area contributed by atoms with Gasteiger partial charge in [0.05, 0.1) is 25.0 Å². The molecule has 214 valence electrons. The molecule has 0 unspecified atom stereocenters. The minimum atomic E-state index is -0.358. The van der Waals surface area contributed by atoms with Crippen LogP contribution < -0.4 is 10.6 Å². The number of halogens is 1. The smallest absolute Gasteiger partial charge is 0.319 e. The van der Waals surface area contributed by atoms with E-state index in [1.54, 1.807) is 22.9 Å². The first-order valence-corrected chi connectivity index (χ1v) is 14.3. The molecule has 5 rings (SSSR count). The van der Waals surface area contributed by atoms with Crippen molar-refractivity contribution in [2.75, 3.05) is 18.4 Å². The summed E-state index contributed by atoms with van der Waals surface area (Å²) in [5, 5.41) is 26.6. The van der Waals surface area contributed by atoms with Gasteiger partial charge in [0.15, 0.2) is 5.82 Å². The molecule has 10 nitrogen and oxygen atoms in total. The Morgan fingerprint density at radius 3 is 2.73 bits per heavy atom. The highest BCUT2D eigenvalue weighted by Crippen LogP contribution is 2.29. The summed E-state index contributed by atoms with van der Waals surface area (Å²) < 4.78 is 14.9. The Balaban J connectivity index is 1.19. The largest absolute Gasteiger partial charge is 0.342 e. The number of aromatic nitrogens is 4. The van der Waals surface area contributed by atoms with E-state index in [-0.39, 0.29) is 36.1 Å². The second-order valence-electron chi connectivity index (χ2n) is 10.9. The van der Waals surface area contributed by atoms with Gasteiger partial charge in [0.25, 0.3) is 0 Å². The first kappa shape index (κ1) is 28.2. The molecule has 2 aliphatic rings. The molecule has 1 saturated heterocycles. The summed E-state index contributed by atoms with van der Waals surface area (Å²) in [5.41, 5.74) is 2.38. The number of likely N-dealkylation sites (tertiary alicyclic amines) is 1. The minimum Gasteiger partial charge on any atom is -0.342 e. The van der Waals surface area contributed by atoms with Crippen LogP contribution in [0.1, 0.15) is 50.5 Å². The number of tetrazole rings is 1. The van der Waals surface area contributed by atoms with Crippen LogP contribution in [0.25, 0.3) is 11.4 Å². The summed E-state index contributed by atoms with van der Waals surface area (Å²) in [4.78, 5) is 28.7. The number of nitriles is 1. The SMILES string of the molecule is N#CCCn1nnnc1-c1cccc(NC(=O)N[C@@H]2CCCC[C@H]2C(=O)N2CCC[C@@H](Cc3ccc(F)cc3)C2)c1. The van der Waals surface area contributed by atoms with Gasteiger partial charge in [0.2, 0.25) is 5.91 Å². The standard InChI is InChI=1S/C30H35FN8O2/c31-24-13-11-21(12-14-24)18-22-6-4-16-38(20-22)29(40)26-9-1-2-10-27(26)34-30(41)33-25-8-3-7-23(19-25)28-35-36-37-39(28)17-5-15-32/h3,7-8,11-14,19,22,26-27H,1-2,4-6,9-10,16-18,20H2,(H2,33,34,41)/t22-,26+,27+/m0/s1. The van der Waals surface area contributed by atoms with Crippen LogP contribution in [-0.2, 0) is 17.8 Å². The topological polar surface area (TPSA) is 129 Å². The Morgan fingerprint density at radius 1 is 1.07 bits per heavy atom. The van der Waals surface area contributed by atoms with Crippen molar-refractivity contribution in [1.29, 1.82) is 5.26 Å². The molecule has 1 saturated carbocycles. The number of aryl methyl sites for hydroxylation is 1. The number of anilines is 1. The molecule has 0 bridgehead atoms. The van der Waals surface area contributed by atoms with Gasteiger partial charge in [0.1, 0.15) is 5.82 Å². The molecule has 11 heteroatoms. The Bertz CT molecular complexity index is 1390. The highest BCUT2D eigenvalue weighted by Gasteiger charge is 2.36. The van der Waals surface area contributed by atoms with E-state index >= 15 is 0 Å². The molecule has 2 aromatic carbocycles. The van der Waals surface area contributed by atoms with Crippen molar-refractivity contribution in [2.24, 2.45) is 11.8 Å². The number of hydrogen-bond acceptors (Lipinski definition) is 6. The van der Waals surface area contributed by atoms with Crippen molar-refractivity contribution in [3.05, 3.63) is 59.9 Å². The molecule has 1 aliphatic carbocycles. The number of carbonyl (C=O) groups is 2. The number of hydrogen-bond donors (Lipinski definition) is 2. The summed E-state index contributed by atoms with van der Waals surface area (Å²) in [6, 6.07) is 15.3. The minimum absolute atomic E-state index is 0.116. The maximum Gasteiger partial charge on any atom is 0.319 e. The van der Waals surface area contributed by atoms with E-state index in [0.29, 0.717) is 30.5 Å². The summed E-state index contributed by atoms with van der Waals surface area (Å²) in [6.45, 7) is 1.79. The molecule has 3 aromatic rings. The van der Waals surface area contributed by atoms with E-state index in [0.717, 1.165) is 62.6 Å². The molecular weight excluding hydrogens is 523 g/mol. The van der Waals surface area contributed by atoms with Crippen LogP contribution in [0.3, 0.4) is 0 Å². The van der Waals surface area contributed by atoms with E-state index in [2.05, 4.69) is 32.2 Å². The molecule has 1 aliphatic heterocycles. The van der Waals surface area contributed by atoms with Crippen LogP contribution >= 0.6 is 0 Å². The maximum absolute atomic E-state index is 13.7. The Hall–Kier alpha value is -4.33. The molecular formula is C30H35FN8O2. The molecule has 1 aromatic heterocycles. The zero-order chi connectivity index (χ0) is 28.6. The average Bonchev–Trinajstić information content (AvgIpc) is 3.46. The van der Waals surface area contributed by atoms with Crippen LogP contribution in [0.5, 0.6) is 0 Å². The molecule has 41 heavy (non-hydrogen) atoms. The van der Waals surface area contributed by atoms with E-state index in [9.17, 15) is 14.0 Å². The lowest BCUT2D eigenvalue weighted by Crippen LogP contribution is -2.52. The zero-order valence-corrected chi connectivity index (χ0v) is 23.0. The normalized spacial score (nSPS) is 20.7. The Labute approximate surface area is 238 Å². The highest BCUT2D eigenvalue weighted by molar-refractivity contribution is 5.91. The van der Waals surface area contributed by atoms with Gasteiger partial charge in [-0.25, -0.2) is 13.9 Å². The molecule has 2 fully saturated rings. The Morgan fingerprint density at radius 2 is 1.90 bits per heavy atom. The van der Waals surface area contributed by atoms with Gasteiger partial charge < -0.3 is 15.5 Å². The average molecular weight is 559 g/mol. The maximum atomic E-state index is 13.7. The lowest BCUT2D eigenvalue weighted by atomic mass is 9.82. The third-order valence-corrected chi connectivity index (χ3v) is 8.01. The number of benzene rings is 2. The lowest BCUT2D eigenvalue weighted by Gasteiger charge is -2.39. The fraction of sp³-hybridized carbons (Fsp3) is 0.467. The highest BCUT2D eigenvalue weighted by atomic mass is 19.1. The van der Waals surface area contributed by atoms with Gasteiger partial charge in [-0.3, -0.25) is 4.79 Å². The Kier molecular flexibility index (Phi) is 9.19. The van der Waals surface area contributed by atoms with Gasteiger partial charge in [-0.2, -0.15) is 5.26 Å². The number of nitrogens with zero attached hydrogens (tertiary/aromatic N) is 6. The van der Waals surface area contributed by atoms with Gasteiger partial charge >= 0.3 is 6.03 Å². The second kappa shape index (κ2) is 13.4. The first-order chi connectivity index (χ1) is 20.0. The molecule has 2 N–H and O–H groups in total. The molecule has 3 amide bonds. The second-order valence-corrected chi connectivity index (χ2v) is 10.9. The zero-order valence-electron chi connectivity index (χ0n) is 23.0. The van der Waals surface area contributed by atoms with Crippen molar-refractivity contribution in [3.8, 4) is 17.5 Å². The molecule has 0 spiro atoms. The quantitative estimate of drug-likeness (QED) is 0.417. The predicted octanol–water partition coefficient (Wildman–Crippen LogP) is 4.55. The van der Waals surface area contributed by atoms with Crippen molar-refractivity contribution >= 4 is 17.6 Å². The predicted molar refractivity (Wildman–Crippen MR) is 151 cm³/mol. The van der Waals surface area contributed by atoms with Crippen LogP contribution in [0.15, 0.2) is 48.5 Å². The van der Waals surface area contributed by atoms with Crippen molar-refractivity contribution in [3.63, 3.8) is 0 Å². The van der Waals surface area contributed by atoms with E-state index < -0.39 is 0 Å². The number of piperidine rings is 1. The summed E-state index contributed by atoms with van der Waals surface area (Å²) in [5.74, 6) is 0.474. The number of nitrogens with one attached hydrogen (secondary N) is 2. The third-order valence-electron chi connectivity index (χ3n) is 8.01. The molecule has 2 heterocycles. The summed E-state index contributed by atoms with van der Waals surface area (Å²) >= 11 is 0. The fourth-order valence-electron chi connectivity index (χ4n) is 6.01. The van der Waals surface area contributed by atoms with Crippen LogP contribution in [0.4, 0.5) is 14.9 Å². The van der Waals surface area contributed by atoms with Gasteiger partial charge in [0, 0.05) is 30.4 Å². The number of amides is 3. The summed E-state index contributed by atoms with van der Waals surface area (Å²) in [7, 11) is 0. The van der Waals surface area contributed by atoms with E-state index in [1.807, 2.05) is 23.1 Å². The van der Waals surface area contributed by atoms with E-state index in [1.165, 1.54) is 12.1 Å². The van der Waals surface area contributed by atoms with E-state index in [4.69, 9.17) is 5.26 Å². The van der Waals surface area contributed by atoms with Crippen molar-refractivity contribution < 1.29 is 14.0 Å². The molecule has 3 atom stereocenters. The number of carbonyl (C=O) groups excluding carboxylic acids is 2. The van der Waals surface area contributed by atoms with Crippen LogP contribution in [0, 0.1) is 29.0 Å². The number of urea groups is 1. The lowest BCUT2D eigenvalue weighted by molar-refractivity contribution is -0.139. The first-order valence-electron chi connectivity index (χ1n) is 14.3. The molecule has 0 radical (unpaired) electrons. The van der Waals surface area contributed by atoms with Crippen LogP contribution in [0.2, 0.25) is 0 Å². The van der Waals surface area contributed by atoms with Gasteiger partial charge in [-0.05, 0) is 78.3 Å². The van der Waals surface area contributed by atoms with Crippen LogP contribution in [-0.4, -0.2) is 56.2 Å². The summed E-state index contributed by atoms with van der Waals surface area (Å²) in [6.07, 6.45) is 6.52. The third kappa shape index (κ3) is 7.25. The monoisotopic (exact) mass is 558 g/mol. The van der Waals surface area contributed by atoms with Gasteiger partial charge in [-0.15, -0.1) is 5.10 Å². The number of rotatable bonds is 8.